The van der Waals surface area contributed by atoms with Crippen molar-refractivity contribution in [3.05, 3.63) is 60.2 Å². The standard InChI is InChI=1S/C20H26N4/c1-4-18(14-21-9-1)16-23-12-7-20(8-13-23)6-3-11-24(20)17-19-5-2-10-22-15-19/h1-2,4-5,9-10,14-15H,3,6-8,11-13,16-17H2. The third-order valence-electron chi connectivity index (χ3n) is 5.75. The van der Waals surface area contributed by atoms with Crippen LogP contribution in [0.1, 0.15) is 36.8 Å². The first kappa shape index (κ1) is 15.7. The average molecular weight is 322 g/mol. The zero-order valence-corrected chi connectivity index (χ0v) is 14.3. The lowest BCUT2D eigenvalue weighted by Gasteiger charge is -2.45. The van der Waals surface area contributed by atoms with Crippen LogP contribution in [0.2, 0.25) is 0 Å². The lowest BCUT2D eigenvalue weighted by molar-refractivity contribution is 0.0449. The number of pyridine rings is 2. The van der Waals surface area contributed by atoms with Gasteiger partial charge in [-0.05, 0) is 55.5 Å². The van der Waals surface area contributed by atoms with Crippen molar-refractivity contribution >= 4 is 0 Å². The number of aromatic nitrogens is 2. The fourth-order valence-electron chi connectivity index (χ4n) is 4.40. The van der Waals surface area contributed by atoms with Crippen LogP contribution >= 0.6 is 0 Å². The third-order valence-corrected chi connectivity index (χ3v) is 5.75. The number of rotatable bonds is 4. The van der Waals surface area contributed by atoms with Gasteiger partial charge in [-0.25, -0.2) is 0 Å². The summed E-state index contributed by atoms with van der Waals surface area (Å²) >= 11 is 0. The van der Waals surface area contributed by atoms with E-state index in [2.05, 4.69) is 38.0 Å². The van der Waals surface area contributed by atoms with E-state index in [1.807, 2.05) is 30.9 Å². The van der Waals surface area contributed by atoms with E-state index in [1.54, 1.807) is 0 Å². The molecule has 2 fully saturated rings. The van der Waals surface area contributed by atoms with Gasteiger partial charge in [-0.1, -0.05) is 12.1 Å². The molecule has 4 heterocycles. The highest BCUT2D eigenvalue weighted by Crippen LogP contribution is 2.39. The Morgan fingerprint density at radius 3 is 2.12 bits per heavy atom. The summed E-state index contributed by atoms with van der Waals surface area (Å²) in [4.78, 5) is 13.8. The van der Waals surface area contributed by atoms with Crippen molar-refractivity contribution in [1.82, 2.24) is 19.8 Å². The molecular weight excluding hydrogens is 296 g/mol. The second-order valence-corrected chi connectivity index (χ2v) is 7.25. The second kappa shape index (κ2) is 6.99. The molecule has 1 spiro atoms. The summed E-state index contributed by atoms with van der Waals surface area (Å²) in [6, 6.07) is 8.47. The van der Waals surface area contributed by atoms with Crippen LogP contribution < -0.4 is 0 Å². The highest BCUT2D eigenvalue weighted by Gasteiger charge is 2.42. The lowest BCUT2D eigenvalue weighted by Crippen LogP contribution is -2.51. The van der Waals surface area contributed by atoms with Crippen molar-refractivity contribution in [1.29, 1.82) is 0 Å². The molecule has 0 unspecified atom stereocenters. The van der Waals surface area contributed by atoms with Gasteiger partial charge in [0.15, 0.2) is 0 Å². The quantitative estimate of drug-likeness (QED) is 0.866. The van der Waals surface area contributed by atoms with Gasteiger partial charge in [-0.2, -0.15) is 0 Å². The van der Waals surface area contributed by atoms with E-state index in [1.165, 1.54) is 56.4 Å². The maximum absolute atomic E-state index is 4.28. The van der Waals surface area contributed by atoms with Gasteiger partial charge in [0.25, 0.3) is 0 Å². The van der Waals surface area contributed by atoms with Crippen LogP contribution in [-0.2, 0) is 13.1 Å². The first-order valence-corrected chi connectivity index (χ1v) is 9.09. The van der Waals surface area contributed by atoms with Crippen LogP contribution in [0.4, 0.5) is 0 Å². The van der Waals surface area contributed by atoms with Gasteiger partial charge in [0.2, 0.25) is 0 Å². The van der Waals surface area contributed by atoms with Crippen molar-refractivity contribution < 1.29 is 0 Å². The molecule has 0 atom stereocenters. The summed E-state index contributed by atoms with van der Waals surface area (Å²) in [5, 5.41) is 0. The highest BCUT2D eigenvalue weighted by atomic mass is 15.3. The van der Waals surface area contributed by atoms with Crippen molar-refractivity contribution in [3.63, 3.8) is 0 Å². The summed E-state index contributed by atoms with van der Waals surface area (Å²) in [5.41, 5.74) is 3.09. The van der Waals surface area contributed by atoms with Crippen LogP contribution in [0.25, 0.3) is 0 Å². The number of piperidine rings is 1. The average Bonchev–Trinajstić information content (AvgIpc) is 3.01. The van der Waals surface area contributed by atoms with Crippen LogP contribution in [0, 0.1) is 0 Å². The Labute approximate surface area is 144 Å². The Hall–Kier alpha value is -1.78. The van der Waals surface area contributed by atoms with E-state index in [0.717, 1.165) is 13.1 Å². The molecule has 0 aromatic carbocycles. The molecule has 0 N–H and O–H groups in total. The molecule has 0 saturated carbocycles. The molecule has 4 rings (SSSR count). The van der Waals surface area contributed by atoms with Crippen molar-refractivity contribution in [2.75, 3.05) is 19.6 Å². The Kier molecular flexibility index (Phi) is 4.58. The SMILES string of the molecule is c1cncc(CN2CCC3(CCCN3Cc3cccnc3)CC2)c1. The molecule has 126 valence electrons. The molecule has 2 aromatic rings. The topological polar surface area (TPSA) is 32.3 Å². The molecule has 0 amide bonds. The van der Waals surface area contributed by atoms with Gasteiger partial charge in [0, 0.05) is 56.5 Å². The molecule has 0 aliphatic carbocycles. The van der Waals surface area contributed by atoms with Crippen LogP contribution in [0.3, 0.4) is 0 Å². The van der Waals surface area contributed by atoms with E-state index in [9.17, 15) is 0 Å². The molecule has 0 bridgehead atoms. The minimum atomic E-state index is 0.418. The summed E-state index contributed by atoms with van der Waals surface area (Å²) in [5.74, 6) is 0. The zero-order valence-electron chi connectivity index (χ0n) is 14.3. The summed E-state index contributed by atoms with van der Waals surface area (Å²) in [6.45, 7) is 5.71. The Balaban J connectivity index is 1.38. The number of hydrogen-bond donors (Lipinski definition) is 0. The monoisotopic (exact) mass is 322 g/mol. The number of hydrogen-bond acceptors (Lipinski definition) is 4. The maximum Gasteiger partial charge on any atom is 0.0312 e. The molecule has 24 heavy (non-hydrogen) atoms. The summed E-state index contributed by atoms with van der Waals surface area (Å²) < 4.78 is 0. The molecule has 2 aliphatic rings. The normalized spacial score (nSPS) is 21.3. The minimum absolute atomic E-state index is 0.418. The number of likely N-dealkylation sites (tertiary alicyclic amines) is 2. The van der Waals surface area contributed by atoms with Crippen molar-refractivity contribution in [2.45, 2.75) is 44.3 Å². The van der Waals surface area contributed by atoms with Gasteiger partial charge in [-0.3, -0.25) is 19.8 Å². The zero-order chi connectivity index (χ0) is 16.2. The smallest absolute Gasteiger partial charge is 0.0312 e. The van der Waals surface area contributed by atoms with Crippen LogP contribution in [0.15, 0.2) is 49.1 Å². The van der Waals surface area contributed by atoms with E-state index in [-0.39, 0.29) is 0 Å². The highest BCUT2D eigenvalue weighted by molar-refractivity contribution is 5.12. The van der Waals surface area contributed by atoms with Crippen LogP contribution in [-0.4, -0.2) is 44.9 Å². The van der Waals surface area contributed by atoms with Gasteiger partial charge in [0.05, 0.1) is 0 Å². The van der Waals surface area contributed by atoms with Gasteiger partial charge in [-0.15, -0.1) is 0 Å². The van der Waals surface area contributed by atoms with E-state index >= 15 is 0 Å². The third kappa shape index (κ3) is 3.35. The summed E-state index contributed by atoms with van der Waals surface area (Å²) in [6.07, 6.45) is 13.0. The molecular formula is C20H26N4. The molecule has 2 aromatic heterocycles. The van der Waals surface area contributed by atoms with E-state index < -0.39 is 0 Å². The Bertz CT molecular complexity index is 635. The fourth-order valence-corrected chi connectivity index (χ4v) is 4.40. The molecule has 0 radical (unpaired) electrons. The first-order valence-electron chi connectivity index (χ1n) is 9.09. The molecule has 2 aliphatic heterocycles. The maximum atomic E-state index is 4.28. The molecule has 4 nitrogen and oxygen atoms in total. The van der Waals surface area contributed by atoms with E-state index in [4.69, 9.17) is 0 Å². The van der Waals surface area contributed by atoms with E-state index in [0.29, 0.717) is 5.54 Å². The Morgan fingerprint density at radius 2 is 1.50 bits per heavy atom. The van der Waals surface area contributed by atoms with Gasteiger partial charge in [0.1, 0.15) is 0 Å². The van der Waals surface area contributed by atoms with Crippen molar-refractivity contribution in [3.8, 4) is 0 Å². The number of nitrogens with zero attached hydrogens (tertiary/aromatic N) is 4. The fraction of sp³-hybridized carbons (Fsp3) is 0.500. The summed E-state index contributed by atoms with van der Waals surface area (Å²) in [7, 11) is 0. The predicted octanol–water partition coefficient (Wildman–Crippen LogP) is 3.11. The first-order chi connectivity index (χ1) is 11.8. The Morgan fingerprint density at radius 1 is 0.833 bits per heavy atom. The van der Waals surface area contributed by atoms with Crippen LogP contribution in [0.5, 0.6) is 0 Å². The second-order valence-electron chi connectivity index (χ2n) is 7.25. The van der Waals surface area contributed by atoms with Gasteiger partial charge < -0.3 is 0 Å². The predicted molar refractivity (Wildman–Crippen MR) is 95.4 cm³/mol. The minimum Gasteiger partial charge on any atom is -0.299 e. The lowest BCUT2D eigenvalue weighted by atomic mass is 9.84. The molecule has 2 saturated heterocycles. The van der Waals surface area contributed by atoms with Gasteiger partial charge >= 0.3 is 0 Å². The largest absolute Gasteiger partial charge is 0.299 e. The molecule has 4 heteroatoms. The van der Waals surface area contributed by atoms with Crippen molar-refractivity contribution in [2.24, 2.45) is 0 Å².